The summed E-state index contributed by atoms with van der Waals surface area (Å²) < 4.78 is 4.09. The van der Waals surface area contributed by atoms with Gasteiger partial charge in [0.05, 0.1) is 16.6 Å². The maximum Gasteiger partial charge on any atom is 0.0776 e. The second-order valence-corrected chi connectivity index (χ2v) is 6.00. The van der Waals surface area contributed by atoms with E-state index in [2.05, 4.69) is 64.3 Å². The van der Waals surface area contributed by atoms with E-state index in [9.17, 15) is 0 Å². The second-order valence-electron chi connectivity index (χ2n) is 5.22. The molecule has 0 fully saturated rings. The molecule has 0 spiro atoms. The van der Waals surface area contributed by atoms with E-state index < -0.39 is 0 Å². The van der Waals surface area contributed by atoms with Gasteiger partial charge in [0.1, 0.15) is 0 Å². The van der Waals surface area contributed by atoms with Gasteiger partial charge in [0.25, 0.3) is 0 Å². The minimum absolute atomic E-state index is 0.176. The topological polar surface area (TPSA) is 37.8 Å². The maximum atomic E-state index is 4.16. The standard InChI is InChI=1S/C17H19N3S/c1-3-10-18-16(17-12(2)19-20-21-17)15-9-8-13-6-4-5-7-14(13)11-15/h4-9,11,16,18H,3,10H2,1-2H3. The minimum atomic E-state index is 0.176. The van der Waals surface area contributed by atoms with E-state index in [0.717, 1.165) is 18.7 Å². The Bertz CT molecular complexity index is 735. The van der Waals surface area contributed by atoms with Gasteiger partial charge in [0.2, 0.25) is 0 Å². The summed E-state index contributed by atoms with van der Waals surface area (Å²) >= 11 is 1.48. The Hall–Kier alpha value is -1.78. The minimum Gasteiger partial charge on any atom is -0.305 e. The van der Waals surface area contributed by atoms with Crippen LogP contribution in [0.1, 0.15) is 35.5 Å². The van der Waals surface area contributed by atoms with E-state index in [4.69, 9.17) is 0 Å². The predicted molar refractivity (Wildman–Crippen MR) is 88.7 cm³/mol. The van der Waals surface area contributed by atoms with Gasteiger partial charge in [-0.1, -0.05) is 47.8 Å². The molecule has 0 amide bonds. The van der Waals surface area contributed by atoms with Crippen LogP contribution >= 0.6 is 11.5 Å². The highest BCUT2D eigenvalue weighted by Gasteiger charge is 2.18. The van der Waals surface area contributed by atoms with Crippen LogP contribution in [0.2, 0.25) is 0 Å². The third-order valence-electron chi connectivity index (χ3n) is 3.65. The third kappa shape index (κ3) is 2.96. The molecule has 3 aromatic rings. The fourth-order valence-corrected chi connectivity index (χ4v) is 3.29. The Balaban J connectivity index is 2.03. The number of nitrogens with zero attached hydrogens (tertiary/aromatic N) is 2. The highest BCUT2D eigenvalue weighted by Crippen LogP contribution is 2.29. The van der Waals surface area contributed by atoms with Crippen LogP contribution in [-0.2, 0) is 0 Å². The first-order valence-electron chi connectivity index (χ1n) is 7.30. The van der Waals surface area contributed by atoms with Gasteiger partial charge in [-0.2, -0.15) is 0 Å². The second kappa shape index (κ2) is 6.33. The fraction of sp³-hybridized carbons (Fsp3) is 0.294. The molecule has 1 heterocycles. The molecule has 2 aromatic carbocycles. The average molecular weight is 297 g/mol. The maximum absolute atomic E-state index is 4.16. The van der Waals surface area contributed by atoms with Gasteiger partial charge in [-0.25, -0.2) is 0 Å². The molecule has 0 saturated heterocycles. The molecule has 0 saturated carbocycles. The van der Waals surface area contributed by atoms with E-state index in [1.54, 1.807) is 0 Å². The van der Waals surface area contributed by atoms with Crippen LogP contribution in [0.3, 0.4) is 0 Å². The van der Waals surface area contributed by atoms with Crippen LogP contribution in [0.15, 0.2) is 42.5 Å². The molecule has 0 bridgehead atoms. The quantitative estimate of drug-likeness (QED) is 0.771. The molecule has 0 aliphatic rings. The molecule has 108 valence electrons. The summed E-state index contributed by atoms with van der Waals surface area (Å²) in [4.78, 5) is 1.21. The van der Waals surface area contributed by atoms with Gasteiger partial charge in [-0.3, -0.25) is 0 Å². The summed E-state index contributed by atoms with van der Waals surface area (Å²) in [5.74, 6) is 0. The lowest BCUT2D eigenvalue weighted by Crippen LogP contribution is -2.23. The van der Waals surface area contributed by atoms with Crippen LogP contribution < -0.4 is 5.32 Å². The summed E-state index contributed by atoms with van der Waals surface area (Å²) in [6.45, 7) is 5.19. The summed E-state index contributed by atoms with van der Waals surface area (Å²) in [5, 5.41) is 10.3. The zero-order chi connectivity index (χ0) is 14.7. The lowest BCUT2D eigenvalue weighted by molar-refractivity contribution is 0.603. The number of hydrogen-bond acceptors (Lipinski definition) is 4. The molecule has 0 aliphatic carbocycles. The average Bonchev–Trinajstić information content (AvgIpc) is 2.94. The highest BCUT2D eigenvalue weighted by atomic mass is 32.1. The van der Waals surface area contributed by atoms with E-state index in [1.165, 1.54) is 32.7 Å². The summed E-state index contributed by atoms with van der Waals surface area (Å²) in [6, 6.07) is 15.3. The van der Waals surface area contributed by atoms with Gasteiger partial charge in [-0.05, 0) is 53.8 Å². The summed E-state index contributed by atoms with van der Waals surface area (Å²) in [5.41, 5.74) is 2.29. The Morgan fingerprint density at radius 1 is 1.14 bits per heavy atom. The largest absolute Gasteiger partial charge is 0.305 e. The van der Waals surface area contributed by atoms with Crippen molar-refractivity contribution < 1.29 is 0 Å². The zero-order valence-electron chi connectivity index (χ0n) is 12.3. The van der Waals surface area contributed by atoms with Gasteiger partial charge in [-0.15, -0.1) is 5.10 Å². The molecule has 3 nitrogen and oxygen atoms in total. The first-order valence-corrected chi connectivity index (χ1v) is 8.08. The molecule has 3 rings (SSSR count). The zero-order valence-corrected chi connectivity index (χ0v) is 13.2. The SMILES string of the molecule is CCCNC(c1ccc2ccccc2c1)c1snnc1C. The number of fused-ring (bicyclic) bond motifs is 1. The van der Waals surface area contributed by atoms with Crippen molar-refractivity contribution in [1.29, 1.82) is 0 Å². The Kier molecular flexibility index (Phi) is 4.27. The Labute approximate surface area is 129 Å². The van der Waals surface area contributed by atoms with Crippen LogP contribution in [0.5, 0.6) is 0 Å². The smallest absolute Gasteiger partial charge is 0.0776 e. The first kappa shape index (κ1) is 14.2. The number of aromatic nitrogens is 2. The number of hydrogen-bond donors (Lipinski definition) is 1. The van der Waals surface area contributed by atoms with Gasteiger partial charge in [0.15, 0.2) is 0 Å². The molecule has 1 atom stereocenters. The predicted octanol–water partition coefficient (Wildman–Crippen LogP) is 4.09. The molecule has 1 aromatic heterocycles. The molecule has 21 heavy (non-hydrogen) atoms. The number of benzene rings is 2. The van der Waals surface area contributed by atoms with Crippen molar-refractivity contribution in [2.45, 2.75) is 26.3 Å². The van der Waals surface area contributed by atoms with Gasteiger partial charge >= 0.3 is 0 Å². The molecule has 4 heteroatoms. The molecule has 0 aliphatic heterocycles. The van der Waals surface area contributed by atoms with Crippen LogP contribution in [0.4, 0.5) is 0 Å². The van der Waals surface area contributed by atoms with Gasteiger partial charge < -0.3 is 5.32 Å². The van der Waals surface area contributed by atoms with Crippen molar-refractivity contribution in [2.75, 3.05) is 6.54 Å². The van der Waals surface area contributed by atoms with Crippen LogP contribution in [0, 0.1) is 6.92 Å². The Morgan fingerprint density at radius 3 is 2.67 bits per heavy atom. The van der Waals surface area contributed by atoms with Crippen molar-refractivity contribution in [3.05, 3.63) is 58.6 Å². The molecule has 0 radical (unpaired) electrons. The fourth-order valence-electron chi connectivity index (χ4n) is 2.54. The van der Waals surface area contributed by atoms with Crippen LogP contribution in [-0.4, -0.2) is 16.1 Å². The van der Waals surface area contributed by atoms with E-state index in [0.29, 0.717) is 0 Å². The van der Waals surface area contributed by atoms with Crippen molar-refractivity contribution in [2.24, 2.45) is 0 Å². The number of aryl methyl sites for hydroxylation is 1. The summed E-state index contributed by atoms with van der Waals surface area (Å²) in [6.07, 6.45) is 1.11. The third-order valence-corrected chi connectivity index (χ3v) is 4.55. The van der Waals surface area contributed by atoms with E-state index in [-0.39, 0.29) is 6.04 Å². The summed E-state index contributed by atoms with van der Waals surface area (Å²) in [7, 11) is 0. The molecule has 1 N–H and O–H groups in total. The molecular formula is C17H19N3S. The molecule has 1 unspecified atom stereocenters. The van der Waals surface area contributed by atoms with Crippen LogP contribution in [0.25, 0.3) is 10.8 Å². The van der Waals surface area contributed by atoms with Gasteiger partial charge in [0, 0.05) is 0 Å². The van der Waals surface area contributed by atoms with Crippen molar-refractivity contribution in [1.82, 2.24) is 14.9 Å². The molecular weight excluding hydrogens is 278 g/mol. The Morgan fingerprint density at radius 2 is 1.95 bits per heavy atom. The highest BCUT2D eigenvalue weighted by molar-refractivity contribution is 7.05. The monoisotopic (exact) mass is 297 g/mol. The van der Waals surface area contributed by atoms with Crippen molar-refractivity contribution in [3.8, 4) is 0 Å². The number of rotatable bonds is 5. The lowest BCUT2D eigenvalue weighted by Gasteiger charge is -2.18. The normalized spacial score (nSPS) is 12.7. The van der Waals surface area contributed by atoms with Crippen molar-refractivity contribution in [3.63, 3.8) is 0 Å². The lowest BCUT2D eigenvalue weighted by atomic mass is 10.00. The number of nitrogens with one attached hydrogen (secondary N) is 1. The first-order chi connectivity index (χ1) is 10.3. The van der Waals surface area contributed by atoms with E-state index >= 15 is 0 Å². The van der Waals surface area contributed by atoms with E-state index in [1.807, 2.05) is 6.92 Å². The van der Waals surface area contributed by atoms with Crippen molar-refractivity contribution >= 4 is 22.3 Å².